The molecule has 0 amide bonds. The third kappa shape index (κ3) is 1.67. The van der Waals surface area contributed by atoms with Gasteiger partial charge >= 0.3 is 0 Å². The fourth-order valence-electron chi connectivity index (χ4n) is 2.91. The van der Waals surface area contributed by atoms with Gasteiger partial charge in [0, 0.05) is 29.1 Å². The van der Waals surface area contributed by atoms with Crippen molar-refractivity contribution in [1.29, 1.82) is 0 Å². The number of aliphatic hydroxyl groups excluding tert-OH is 1. The van der Waals surface area contributed by atoms with Gasteiger partial charge in [-0.1, -0.05) is 23.8 Å². The van der Waals surface area contributed by atoms with Gasteiger partial charge in [0.05, 0.1) is 6.61 Å². The minimum absolute atomic E-state index is 0.0837. The van der Waals surface area contributed by atoms with Crippen molar-refractivity contribution in [3.63, 3.8) is 0 Å². The van der Waals surface area contributed by atoms with Gasteiger partial charge in [0.1, 0.15) is 0 Å². The van der Waals surface area contributed by atoms with E-state index in [0.717, 1.165) is 12.0 Å². The average molecular weight is 242 g/mol. The summed E-state index contributed by atoms with van der Waals surface area (Å²) in [5.74, 6) is 0.198. The van der Waals surface area contributed by atoms with Crippen molar-refractivity contribution in [3.05, 3.63) is 47.2 Å². The molecule has 2 atom stereocenters. The van der Waals surface area contributed by atoms with E-state index in [4.69, 9.17) is 5.73 Å². The highest BCUT2D eigenvalue weighted by Crippen LogP contribution is 2.37. The van der Waals surface area contributed by atoms with E-state index in [-0.39, 0.29) is 18.6 Å². The predicted octanol–water partition coefficient (Wildman–Crippen LogP) is 2.07. The monoisotopic (exact) mass is 242 g/mol. The highest BCUT2D eigenvalue weighted by Gasteiger charge is 2.27. The van der Waals surface area contributed by atoms with Crippen LogP contribution in [0.5, 0.6) is 0 Å². The van der Waals surface area contributed by atoms with Crippen LogP contribution >= 0.6 is 0 Å². The molecule has 0 spiro atoms. The zero-order valence-corrected chi connectivity index (χ0v) is 10.5. The summed E-state index contributed by atoms with van der Waals surface area (Å²) < 4.78 is 0. The minimum Gasteiger partial charge on any atom is -0.392 e. The Labute approximate surface area is 106 Å². The zero-order valence-electron chi connectivity index (χ0n) is 10.5. The fraction of sp³-hybridized carbons (Fsp3) is 0.333. The lowest BCUT2D eigenvalue weighted by Gasteiger charge is -2.27. The van der Waals surface area contributed by atoms with E-state index in [1.54, 1.807) is 0 Å². The van der Waals surface area contributed by atoms with Gasteiger partial charge in [0.15, 0.2) is 0 Å². The van der Waals surface area contributed by atoms with E-state index in [9.17, 15) is 5.11 Å². The molecule has 0 radical (unpaired) electrons. The molecule has 1 aliphatic rings. The summed E-state index contributed by atoms with van der Waals surface area (Å²) in [6, 6.07) is 6.38. The average Bonchev–Trinajstić information content (AvgIpc) is 2.78. The van der Waals surface area contributed by atoms with E-state index in [1.807, 2.05) is 6.92 Å². The summed E-state index contributed by atoms with van der Waals surface area (Å²) in [6.45, 7) is 2.04. The van der Waals surface area contributed by atoms with Crippen LogP contribution in [0.1, 0.15) is 24.0 Å². The largest absolute Gasteiger partial charge is 0.392 e. The number of benzene rings is 1. The molecule has 0 fully saturated rings. The number of hydrogen-bond acceptors (Lipinski definition) is 2. The van der Waals surface area contributed by atoms with E-state index >= 15 is 0 Å². The van der Waals surface area contributed by atoms with Crippen LogP contribution in [0, 0.1) is 0 Å². The molecule has 94 valence electrons. The fourth-order valence-corrected chi connectivity index (χ4v) is 2.91. The lowest BCUT2D eigenvalue weighted by molar-refractivity contribution is 0.330. The van der Waals surface area contributed by atoms with Crippen LogP contribution in [-0.2, 0) is 6.42 Å². The second kappa shape index (κ2) is 4.26. The first-order valence-electron chi connectivity index (χ1n) is 6.33. The van der Waals surface area contributed by atoms with Crippen LogP contribution in [0.15, 0.2) is 36.0 Å². The molecular weight excluding hydrogens is 224 g/mol. The molecular formula is C15H18N2O. The zero-order chi connectivity index (χ0) is 12.7. The second-order valence-electron chi connectivity index (χ2n) is 5.15. The van der Waals surface area contributed by atoms with E-state index in [2.05, 4.69) is 35.5 Å². The summed E-state index contributed by atoms with van der Waals surface area (Å²) in [4.78, 5) is 3.30. The maximum atomic E-state index is 9.19. The van der Waals surface area contributed by atoms with Crippen molar-refractivity contribution >= 4 is 10.9 Å². The van der Waals surface area contributed by atoms with Crippen molar-refractivity contribution < 1.29 is 5.11 Å². The first-order chi connectivity index (χ1) is 8.70. The Balaban J connectivity index is 2.18. The number of nitrogens with two attached hydrogens (primary N) is 1. The third-order valence-corrected chi connectivity index (χ3v) is 3.81. The Morgan fingerprint density at radius 3 is 3.17 bits per heavy atom. The second-order valence-corrected chi connectivity index (χ2v) is 5.15. The van der Waals surface area contributed by atoms with E-state index in [1.165, 1.54) is 22.0 Å². The Bertz CT molecular complexity index is 612. The molecule has 1 heterocycles. The molecule has 3 nitrogen and oxygen atoms in total. The molecule has 1 aromatic carbocycles. The van der Waals surface area contributed by atoms with E-state index < -0.39 is 0 Å². The number of aromatic amines is 1. The van der Waals surface area contributed by atoms with Crippen LogP contribution < -0.4 is 5.73 Å². The summed E-state index contributed by atoms with van der Waals surface area (Å²) in [5, 5.41) is 10.5. The molecule has 2 aromatic rings. The number of H-pyrrole nitrogens is 1. The molecule has 0 saturated carbocycles. The number of aliphatic hydroxyl groups is 1. The lowest BCUT2D eigenvalue weighted by Crippen LogP contribution is -2.32. The van der Waals surface area contributed by atoms with Gasteiger partial charge in [-0.25, -0.2) is 0 Å². The maximum Gasteiger partial charge on any atom is 0.0639 e. The first kappa shape index (κ1) is 11.5. The molecule has 18 heavy (non-hydrogen) atoms. The van der Waals surface area contributed by atoms with Gasteiger partial charge in [-0.05, 0) is 30.5 Å². The summed E-state index contributed by atoms with van der Waals surface area (Å²) >= 11 is 0. The molecule has 0 saturated heterocycles. The molecule has 3 rings (SSSR count). The Hall–Kier alpha value is -1.58. The van der Waals surface area contributed by atoms with Crippen LogP contribution in [0.3, 0.4) is 0 Å². The summed E-state index contributed by atoms with van der Waals surface area (Å²) in [5.41, 5.74) is 11.0. The van der Waals surface area contributed by atoms with Gasteiger partial charge < -0.3 is 15.8 Å². The Kier molecular flexibility index (Phi) is 2.73. The van der Waals surface area contributed by atoms with Crippen LogP contribution in [0.2, 0.25) is 0 Å². The first-order valence-corrected chi connectivity index (χ1v) is 6.33. The van der Waals surface area contributed by atoms with Gasteiger partial charge in [0.2, 0.25) is 0 Å². The molecule has 1 aliphatic carbocycles. The predicted molar refractivity (Wildman–Crippen MR) is 73.6 cm³/mol. The number of aromatic nitrogens is 1. The highest BCUT2D eigenvalue weighted by atomic mass is 16.3. The minimum atomic E-state index is 0.0837. The topological polar surface area (TPSA) is 62.0 Å². The molecule has 0 aliphatic heterocycles. The normalized spacial score (nSPS) is 23.6. The smallest absolute Gasteiger partial charge is 0.0639 e. The standard InChI is InChI=1S/C15H18N2O/c1-9(8-18)5-12-11-3-2-4-14-15(11)10(7-17-14)6-13(12)16/h2-5,7,12-13,17-18H,6,8,16H2,1H3/b9-5+. The quantitative estimate of drug-likeness (QED) is 0.706. The lowest BCUT2D eigenvalue weighted by atomic mass is 9.80. The van der Waals surface area contributed by atoms with Gasteiger partial charge in [-0.3, -0.25) is 0 Å². The molecule has 0 bridgehead atoms. The number of hydrogen-bond donors (Lipinski definition) is 3. The number of nitrogens with one attached hydrogen (secondary N) is 1. The molecule has 1 aromatic heterocycles. The van der Waals surface area contributed by atoms with Crippen LogP contribution in [-0.4, -0.2) is 22.7 Å². The van der Waals surface area contributed by atoms with Crippen molar-refractivity contribution in [1.82, 2.24) is 4.98 Å². The molecule has 3 heteroatoms. The molecule has 2 unspecified atom stereocenters. The van der Waals surface area contributed by atoms with Crippen molar-refractivity contribution in [2.75, 3.05) is 6.61 Å². The summed E-state index contributed by atoms with van der Waals surface area (Å²) in [6.07, 6.45) is 5.05. The van der Waals surface area contributed by atoms with Gasteiger partial charge in [0.25, 0.3) is 0 Å². The molecule has 4 N–H and O–H groups in total. The SMILES string of the molecule is C/C(=C\C1c2cccc3[nH]cc(c23)CC1N)CO. The van der Waals surface area contributed by atoms with Gasteiger partial charge in [-0.15, -0.1) is 0 Å². The number of rotatable bonds is 2. The van der Waals surface area contributed by atoms with Crippen LogP contribution in [0.4, 0.5) is 0 Å². The van der Waals surface area contributed by atoms with Crippen molar-refractivity contribution in [2.24, 2.45) is 5.73 Å². The third-order valence-electron chi connectivity index (χ3n) is 3.81. The van der Waals surface area contributed by atoms with Crippen molar-refractivity contribution in [3.8, 4) is 0 Å². The van der Waals surface area contributed by atoms with Gasteiger partial charge in [-0.2, -0.15) is 0 Å². The Morgan fingerprint density at radius 2 is 2.39 bits per heavy atom. The maximum absolute atomic E-state index is 9.19. The Morgan fingerprint density at radius 1 is 1.56 bits per heavy atom. The highest BCUT2D eigenvalue weighted by molar-refractivity contribution is 5.88. The van der Waals surface area contributed by atoms with Crippen molar-refractivity contribution in [2.45, 2.75) is 25.3 Å². The van der Waals surface area contributed by atoms with Crippen LogP contribution in [0.25, 0.3) is 10.9 Å². The summed E-state index contributed by atoms with van der Waals surface area (Å²) in [7, 11) is 0. The van der Waals surface area contributed by atoms with E-state index in [0.29, 0.717) is 0 Å².